The molecule has 2 heteroatoms. The summed E-state index contributed by atoms with van der Waals surface area (Å²) >= 11 is 0. The van der Waals surface area contributed by atoms with Gasteiger partial charge in [0, 0.05) is 33.5 Å². The molecule has 0 aliphatic heterocycles. The fourth-order valence-electron chi connectivity index (χ4n) is 8.41. The van der Waals surface area contributed by atoms with Gasteiger partial charge in [-0.3, -0.25) is 4.98 Å². The van der Waals surface area contributed by atoms with Crippen LogP contribution in [0.2, 0.25) is 0 Å². The maximum absolute atomic E-state index is 4.58. The number of pyridine rings is 1. The van der Waals surface area contributed by atoms with Gasteiger partial charge in [0.25, 0.3) is 0 Å². The summed E-state index contributed by atoms with van der Waals surface area (Å²) in [5, 5.41) is 3.69. The van der Waals surface area contributed by atoms with Gasteiger partial charge in [0.05, 0.1) is 16.6 Å². The van der Waals surface area contributed by atoms with E-state index in [-0.39, 0.29) is 5.41 Å². The van der Waals surface area contributed by atoms with E-state index in [4.69, 9.17) is 0 Å². The predicted octanol–water partition coefficient (Wildman–Crippen LogP) is 12.6. The molecule has 0 radical (unpaired) electrons. The summed E-state index contributed by atoms with van der Waals surface area (Å²) in [6.45, 7) is 4.71. The summed E-state index contributed by atoms with van der Waals surface area (Å²) in [6, 6.07) is 59.9. The van der Waals surface area contributed by atoms with Crippen molar-refractivity contribution in [2.24, 2.45) is 0 Å². The molecule has 2 aromatic heterocycles. The Bertz CT molecular complexity index is 2760. The molecular formula is C48H34N2. The molecule has 0 atom stereocenters. The first kappa shape index (κ1) is 28.7. The van der Waals surface area contributed by atoms with Crippen LogP contribution < -0.4 is 0 Å². The monoisotopic (exact) mass is 638 g/mol. The van der Waals surface area contributed by atoms with E-state index >= 15 is 0 Å². The van der Waals surface area contributed by atoms with Gasteiger partial charge < -0.3 is 4.57 Å². The Labute approximate surface area is 291 Å². The largest absolute Gasteiger partial charge is 0.309 e. The molecule has 2 nitrogen and oxygen atoms in total. The van der Waals surface area contributed by atoms with E-state index < -0.39 is 0 Å². The summed E-state index contributed by atoms with van der Waals surface area (Å²) in [4.78, 5) is 4.58. The Balaban J connectivity index is 1.16. The van der Waals surface area contributed by atoms with Crippen LogP contribution in [0.1, 0.15) is 25.0 Å². The lowest BCUT2D eigenvalue weighted by Gasteiger charge is -2.22. The number of hydrogen-bond donors (Lipinski definition) is 0. The third kappa shape index (κ3) is 4.25. The first-order chi connectivity index (χ1) is 24.6. The molecule has 1 aliphatic carbocycles. The highest BCUT2D eigenvalue weighted by molar-refractivity contribution is 6.16. The zero-order chi connectivity index (χ0) is 33.4. The van der Waals surface area contributed by atoms with Crippen LogP contribution in [0.3, 0.4) is 0 Å². The number of rotatable bonds is 4. The molecule has 0 N–H and O–H groups in total. The van der Waals surface area contributed by atoms with Crippen molar-refractivity contribution in [3.05, 3.63) is 181 Å². The van der Waals surface area contributed by atoms with Gasteiger partial charge in [0.1, 0.15) is 0 Å². The van der Waals surface area contributed by atoms with Crippen molar-refractivity contribution in [1.29, 1.82) is 0 Å². The van der Waals surface area contributed by atoms with Crippen LogP contribution in [0.5, 0.6) is 0 Å². The Morgan fingerprint density at radius 1 is 0.440 bits per heavy atom. The molecule has 0 saturated heterocycles. The van der Waals surface area contributed by atoms with Gasteiger partial charge in [0.2, 0.25) is 0 Å². The van der Waals surface area contributed by atoms with Gasteiger partial charge in [-0.25, -0.2) is 0 Å². The number of para-hydroxylation sites is 2. The number of fused-ring (bicyclic) bond motifs is 7. The summed E-state index contributed by atoms with van der Waals surface area (Å²) in [7, 11) is 0. The minimum atomic E-state index is -0.0444. The Morgan fingerprint density at radius 2 is 1.10 bits per heavy atom. The Hall–Kier alpha value is -6.25. The molecule has 10 rings (SSSR count). The van der Waals surface area contributed by atoms with Gasteiger partial charge in [0.15, 0.2) is 0 Å². The minimum Gasteiger partial charge on any atom is -0.309 e. The van der Waals surface area contributed by atoms with Crippen molar-refractivity contribution in [1.82, 2.24) is 9.55 Å². The number of benzene rings is 7. The minimum absolute atomic E-state index is 0.0444. The van der Waals surface area contributed by atoms with Gasteiger partial charge in [-0.15, -0.1) is 0 Å². The molecule has 7 aromatic carbocycles. The highest BCUT2D eigenvalue weighted by atomic mass is 15.0. The molecular weight excluding hydrogens is 605 g/mol. The third-order valence-corrected chi connectivity index (χ3v) is 10.9. The number of hydrogen-bond acceptors (Lipinski definition) is 1. The topological polar surface area (TPSA) is 17.8 Å². The summed E-state index contributed by atoms with van der Waals surface area (Å²) in [5.41, 5.74) is 17.3. The van der Waals surface area contributed by atoms with Gasteiger partial charge in [-0.2, -0.15) is 0 Å². The zero-order valence-electron chi connectivity index (χ0n) is 28.1. The highest BCUT2D eigenvalue weighted by Gasteiger charge is 2.35. The van der Waals surface area contributed by atoms with Gasteiger partial charge in [-0.05, 0) is 104 Å². The van der Waals surface area contributed by atoms with Crippen molar-refractivity contribution in [2.75, 3.05) is 0 Å². The SMILES string of the molecule is CC1(C)c2ccccc2-c2ccc(-c3ccc4c(c3)c3c(-c5ccc(-c6ccnc7ccccc67)cc5)cccc3n4-c3ccccc3)cc21. The predicted molar refractivity (Wildman–Crippen MR) is 210 cm³/mol. The molecule has 0 bridgehead atoms. The van der Waals surface area contributed by atoms with Crippen LogP contribution in [0.15, 0.2) is 170 Å². The first-order valence-electron chi connectivity index (χ1n) is 17.4. The summed E-state index contributed by atoms with van der Waals surface area (Å²) in [6.07, 6.45) is 1.91. The van der Waals surface area contributed by atoms with E-state index in [9.17, 15) is 0 Å². The van der Waals surface area contributed by atoms with Gasteiger partial charge >= 0.3 is 0 Å². The lowest BCUT2D eigenvalue weighted by molar-refractivity contribution is 0.660. The standard InChI is InChI=1S/C48H34N2/c1-48(2)42-16-8-6-13-38(42)39-25-23-34(30-43(39)48)33-24-26-45-41(29-33)47-37(15-10-18-46(47)50(45)35-11-4-3-5-12-35)32-21-19-31(20-22-32)36-27-28-49-44-17-9-7-14-40(36)44/h3-30H,1-2H3. The first-order valence-corrected chi connectivity index (χ1v) is 17.4. The second-order valence-corrected chi connectivity index (χ2v) is 14.0. The maximum Gasteiger partial charge on any atom is 0.0708 e. The molecule has 0 amide bonds. The van der Waals surface area contributed by atoms with Crippen LogP contribution in [-0.4, -0.2) is 9.55 Å². The van der Waals surface area contributed by atoms with Crippen molar-refractivity contribution >= 4 is 32.7 Å². The molecule has 1 aliphatic rings. The Kier molecular flexibility index (Phi) is 6.25. The molecule has 0 unspecified atom stereocenters. The average molecular weight is 639 g/mol. The molecule has 50 heavy (non-hydrogen) atoms. The van der Waals surface area contributed by atoms with E-state index in [2.05, 4.69) is 181 Å². The van der Waals surface area contributed by atoms with Crippen molar-refractivity contribution in [3.63, 3.8) is 0 Å². The smallest absolute Gasteiger partial charge is 0.0708 e. The second kappa shape index (κ2) is 10.9. The lowest BCUT2D eigenvalue weighted by Crippen LogP contribution is -2.14. The van der Waals surface area contributed by atoms with E-state index in [0.29, 0.717) is 0 Å². The van der Waals surface area contributed by atoms with Gasteiger partial charge in [-0.1, -0.05) is 129 Å². The molecule has 2 heterocycles. The van der Waals surface area contributed by atoms with Crippen LogP contribution in [0.4, 0.5) is 0 Å². The molecule has 0 spiro atoms. The highest BCUT2D eigenvalue weighted by Crippen LogP contribution is 2.50. The van der Waals surface area contributed by atoms with Crippen molar-refractivity contribution in [3.8, 4) is 50.2 Å². The molecule has 236 valence electrons. The van der Waals surface area contributed by atoms with E-state index in [0.717, 1.165) is 11.2 Å². The molecule has 9 aromatic rings. The number of aromatic nitrogens is 2. The maximum atomic E-state index is 4.58. The summed E-state index contributed by atoms with van der Waals surface area (Å²) < 4.78 is 2.41. The Morgan fingerprint density at radius 3 is 1.96 bits per heavy atom. The molecule has 0 fully saturated rings. The van der Waals surface area contributed by atoms with E-state index in [1.807, 2.05) is 12.3 Å². The average Bonchev–Trinajstić information content (AvgIpc) is 3.63. The number of nitrogens with zero attached hydrogens (tertiary/aromatic N) is 2. The fraction of sp³-hybridized carbons (Fsp3) is 0.0625. The van der Waals surface area contributed by atoms with E-state index in [1.54, 1.807) is 0 Å². The van der Waals surface area contributed by atoms with Crippen LogP contribution in [-0.2, 0) is 5.41 Å². The van der Waals surface area contributed by atoms with Crippen molar-refractivity contribution in [2.45, 2.75) is 19.3 Å². The normalized spacial score (nSPS) is 13.2. The van der Waals surface area contributed by atoms with Crippen LogP contribution >= 0.6 is 0 Å². The molecule has 0 saturated carbocycles. The van der Waals surface area contributed by atoms with Crippen molar-refractivity contribution < 1.29 is 0 Å². The summed E-state index contributed by atoms with van der Waals surface area (Å²) in [5.74, 6) is 0. The quantitative estimate of drug-likeness (QED) is 0.188. The lowest BCUT2D eigenvalue weighted by atomic mass is 9.81. The zero-order valence-corrected chi connectivity index (χ0v) is 28.1. The third-order valence-electron chi connectivity index (χ3n) is 10.9. The fourth-order valence-corrected chi connectivity index (χ4v) is 8.41. The van der Waals surface area contributed by atoms with Crippen LogP contribution in [0.25, 0.3) is 82.9 Å². The second-order valence-electron chi connectivity index (χ2n) is 14.0. The van der Waals surface area contributed by atoms with E-state index in [1.165, 1.54) is 82.8 Å². The van der Waals surface area contributed by atoms with Crippen LogP contribution in [0, 0.1) is 0 Å².